The SMILES string of the molecule is CCCCS(=O)(=O)CCCOc1ccc(CN)cc1. The van der Waals surface area contributed by atoms with Crippen molar-refractivity contribution in [2.45, 2.75) is 32.7 Å². The van der Waals surface area contributed by atoms with Crippen molar-refractivity contribution in [1.29, 1.82) is 0 Å². The van der Waals surface area contributed by atoms with E-state index in [1.165, 1.54) is 0 Å². The zero-order chi connectivity index (χ0) is 14.1. The Bertz CT molecular complexity index is 454. The lowest BCUT2D eigenvalue weighted by Gasteiger charge is -2.07. The molecule has 1 aromatic carbocycles. The topological polar surface area (TPSA) is 69.4 Å². The van der Waals surface area contributed by atoms with Crippen LogP contribution in [0.25, 0.3) is 0 Å². The molecule has 5 heteroatoms. The van der Waals surface area contributed by atoms with E-state index in [1.54, 1.807) is 0 Å². The van der Waals surface area contributed by atoms with E-state index < -0.39 is 9.84 Å². The zero-order valence-electron chi connectivity index (χ0n) is 11.5. The average molecular weight is 285 g/mol. The molecule has 0 aliphatic rings. The van der Waals surface area contributed by atoms with Gasteiger partial charge in [0.15, 0.2) is 0 Å². The largest absolute Gasteiger partial charge is 0.494 e. The molecule has 0 bridgehead atoms. The number of nitrogens with two attached hydrogens (primary N) is 1. The van der Waals surface area contributed by atoms with Gasteiger partial charge in [0.05, 0.1) is 18.1 Å². The summed E-state index contributed by atoms with van der Waals surface area (Å²) in [7, 11) is -2.91. The van der Waals surface area contributed by atoms with Gasteiger partial charge in [0.2, 0.25) is 0 Å². The van der Waals surface area contributed by atoms with E-state index >= 15 is 0 Å². The summed E-state index contributed by atoms with van der Waals surface area (Å²) in [6.45, 7) is 2.92. The molecule has 2 N–H and O–H groups in total. The lowest BCUT2D eigenvalue weighted by atomic mass is 10.2. The third kappa shape index (κ3) is 6.59. The highest BCUT2D eigenvalue weighted by Crippen LogP contribution is 2.12. The van der Waals surface area contributed by atoms with Crippen molar-refractivity contribution in [2.75, 3.05) is 18.1 Å². The van der Waals surface area contributed by atoms with Crippen LogP contribution in [0.3, 0.4) is 0 Å². The van der Waals surface area contributed by atoms with Crippen LogP contribution < -0.4 is 10.5 Å². The highest BCUT2D eigenvalue weighted by molar-refractivity contribution is 7.91. The van der Waals surface area contributed by atoms with Gasteiger partial charge in [-0.15, -0.1) is 0 Å². The van der Waals surface area contributed by atoms with Crippen LogP contribution in [0, 0.1) is 0 Å². The summed E-state index contributed by atoms with van der Waals surface area (Å²) in [5.41, 5.74) is 6.55. The lowest BCUT2D eigenvalue weighted by Crippen LogP contribution is -2.13. The number of hydrogen-bond donors (Lipinski definition) is 1. The fourth-order valence-corrected chi connectivity index (χ4v) is 3.15. The zero-order valence-corrected chi connectivity index (χ0v) is 12.3. The second-order valence-corrected chi connectivity index (χ2v) is 6.86. The number of benzene rings is 1. The molecule has 0 fully saturated rings. The van der Waals surface area contributed by atoms with E-state index in [-0.39, 0.29) is 11.5 Å². The summed E-state index contributed by atoms with van der Waals surface area (Å²) in [6, 6.07) is 7.53. The first-order valence-electron chi connectivity index (χ1n) is 6.69. The maximum absolute atomic E-state index is 11.6. The highest BCUT2D eigenvalue weighted by Gasteiger charge is 2.09. The molecule has 0 saturated carbocycles. The van der Waals surface area contributed by atoms with Gasteiger partial charge < -0.3 is 10.5 Å². The second-order valence-electron chi connectivity index (χ2n) is 4.56. The Morgan fingerprint density at radius 1 is 1.11 bits per heavy atom. The van der Waals surface area contributed by atoms with Crippen LogP contribution in [0.1, 0.15) is 31.7 Å². The minimum atomic E-state index is -2.91. The first-order valence-corrected chi connectivity index (χ1v) is 8.52. The fourth-order valence-electron chi connectivity index (χ4n) is 1.66. The van der Waals surface area contributed by atoms with E-state index in [4.69, 9.17) is 10.5 Å². The summed E-state index contributed by atoms with van der Waals surface area (Å²) in [5.74, 6) is 1.24. The molecule has 1 aromatic rings. The molecule has 0 heterocycles. The number of ether oxygens (including phenoxy) is 1. The molecule has 0 saturated heterocycles. The van der Waals surface area contributed by atoms with Gasteiger partial charge in [-0.2, -0.15) is 0 Å². The maximum atomic E-state index is 11.6. The average Bonchev–Trinajstić information content (AvgIpc) is 2.42. The standard InChI is InChI=1S/C14H23NO3S/c1-2-3-10-19(16,17)11-4-9-18-14-7-5-13(12-15)6-8-14/h5-8H,2-4,9-12,15H2,1H3. The number of rotatable bonds is 9. The Labute approximate surface area is 115 Å². The summed E-state index contributed by atoms with van der Waals surface area (Å²) in [5, 5.41) is 0. The van der Waals surface area contributed by atoms with Gasteiger partial charge in [-0.05, 0) is 30.5 Å². The van der Waals surface area contributed by atoms with Crippen molar-refractivity contribution in [2.24, 2.45) is 5.73 Å². The Hall–Kier alpha value is -1.07. The van der Waals surface area contributed by atoms with Gasteiger partial charge >= 0.3 is 0 Å². The van der Waals surface area contributed by atoms with Crippen LogP contribution in [-0.2, 0) is 16.4 Å². The highest BCUT2D eigenvalue weighted by atomic mass is 32.2. The minimum Gasteiger partial charge on any atom is -0.494 e. The summed E-state index contributed by atoms with van der Waals surface area (Å²) >= 11 is 0. The predicted molar refractivity (Wildman–Crippen MR) is 78.0 cm³/mol. The van der Waals surface area contributed by atoms with Crippen molar-refractivity contribution in [3.63, 3.8) is 0 Å². The van der Waals surface area contributed by atoms with Gasteiger partial charge in [-0.3, -0.25) is 0 Å². The number of unbranched alkanes of at least 4 members (excludes halogenated alkanes) is 1. The molecule has 0 amide bonds. The first-order chi connectivity index (χ1) is 9.07. The van der Waals surface area contributed by atoms with E-state index in [2.05, 4.69) is 0 Å². The van der Waals surface area contributed by atoms with E-state index in [0.29, 0.717) is 19.6 Å². The minimum absolute atomic E-state index is 0.202. The quantitative estimate of drug-likeness (QED) is 0.706. The van der Waals surface area contributed by atoms with Gasteiger partial charge in [0.1, 0.15) is 15.6 Å². The third-order valence-corrected chi connectivity index (χ3v) is 4.66. The summed E-state index contributed by atoms with van der Waals surface area (Å²) in [4.78, 5) is 0. The van der Waals surface area contributed by atoms with Crippen molar-refractivity contribution < 1.29 is 13.2 Å². The van der Waals surface area contributed by atoms with Crippen LogP contribution in [0.5, 0.6) is 5.75 Å². The van der Waals surface area contributed by atoms with Gasteiger partial charge in [-0.25, -0.2) is 8.42 Å². The van der Waals surface area contributed by atoms with E-state index in [9.17, 15) is 8.42 Å². The summed E-state index contributed by atoms with van der Waals surface area (Å²) in [6.07, 6.45) is 2.18. The van der Waals surface area contributed by atoms with Crippen LogP contribution in [0.15, 0.2) is 24.3 Å². The molecule has 0 spiro atoms. The predicted octanol–water partition coefficient (Wildman–Crippen LogP) is 2.13. The summed E-state index contributed by atoms with van der Waals surface area (Å²) < 4.78 is 28.7. The van der Waals surface area contributed by atoms with Crippen LogP contribution in [-0.4, -0.2) is 26.5 Å². The smallest absolute Gasteiger partial charge is 0.150 e. The normalized spacial score (nSPS) is 11.5. The Kier molecular flexibility index (Phi) is 6.87. The molecule has 0 aliphatic heterocycles. The maximum Gasteiger partial charge on any atom is 0.150 e. The van der Waals surface area contributed by atoms with Crippen LogP contribution in [0.2, 0.25) is 0 Å². The van der Waals surface area contributed by atoms with Crippen molar-refractivity contribution >= 4 is 9.84 Å². The van der Waals surface area contributed by atoms with E-state index in [1.807, 2.05) is 31.2 Å². The van der Waals surface area contributed by atoms with E-state index in [0.717, 1.165) is 24.2 Å². The Balaban J connectivity index is 2.26. The van der Waals surface area contributed by atoms with Gasteiger partial charge in [0, 0.05) is 6.54 Å². The van der Waals surface area contributed by atoms with Crippen LogP contribution >= 0.6 is 0 Å². The van der Waals surface area contributed by atoms with Crippen LogP contribution in [0.4, 0.5) is 0 Å². The fraction of sp³-hybridized carbons (Fsp3) is 0.571. The molecular formula is C14H23NO3S. The number of hydrogen-bond acceptors (Lipinski definition) is 4. The molecule has 0 atom stereocenters. The Morgan fingerprint density at radius 2 is 1.74 bits per heavy atom. The molecule has 0 unspecified atom stereocenters. The number of sulfone groups is 1. The molecule has 1 rings (SSSR count). The monoisotopic (exact) mass is 285 g/mol. The molecule has 0 aliphatic carbocycles. The lowest BCUT2D eigenvalue weighted by molar-refractivity contribution is 0.317. The molecule has 19 heavy (non-hydrogen) atoms. The Morgan fingerprint density at radius 3 is 2.32 bits per heavy atom. The first kappa shape index (κ1) is 16.0. The van der Waals surface area contributed by atoms with Gasteiger partial charge in [0.25, 0.3) is 0 Å². The third-order valence-electron chi connectivity index (χ3n) is 2.84. The second kappa shape index (κ2) is 8.17. The molecule has 0 aromatic heterocycles. The van der Waals surface area contributed by atoms with Crippen molar-refractivity contribution in [3.05, 3.63) is 29.8 Å². The van der Waals surface area contributed by atoms with Gasteiger partial charge in [-0.1, -0.05) is 25.5 Å². The molecule has 108 valence electrons. The molecule has 4 nitrogen and oxygen atoms in total. The molecular weight excluding hydrogens is 262 g/mol. The van der Waals surface area contributed by atoms with Crippen molar-refractivity contribution in [3.8, 4) is 5.75 Å². The van der Waals surface area contributed by atoms with Crippen molar-refractivity contribution in [1.82, 2.24) is 0 Å². The molecule has 0 radical (unpaired) electrons.